The van der Waals surface area contributed by atoms with E-state index in [9.17, 15) is 0 Å². The second kappa shape index (κ2) is 14.0. The minimum Gasteiger partial charge on any atom is -0.518 e. The van der Waals surface area contributed by atoms with Crippen molar-refractivity contribution < 1.29 is 30.9 Å². The van der Waals surface area contributed by atoms with E-state index in [-0.39, 0.29) is 26.2 Å². The Bertz CT molecular complexity index is 535. The van der Waals surface area contributed by atoms with E-state index in [0.29, 0.717) is 0 Å². The summed E-state index contributed by atoms with van der Waals surface area (Å²) in [7, 11) is 1.64. The van der Waals surface area contributed by atoms with E-state index in [2.05, 4.69) is 25.0 Å². The van der Waals surface area contributed by atoms with Gasteiger partial charge in [-0.15, -0.1) is 19.9 Å². The van der Waals surface area contributed by atoms with Crippen LogP contribution in [0.4, 0.5) is 0 Å². The predicted molar refractivity (Wildman–Crippen MR) is 92.9 cm³/mol. The molecule has 2 aliphatic rings. The molecule has 1 nitrogen and oxygen atoms in total. The molecule has 2 heteroatoms. The molecule has 0 fully saturated rings. The molecular weight excluding hydrogens is 359 g/mol. The van der Waals surface area contributed by atoms with Crippen LogP contribution in [0.15, 0.2) is 66.8 Å². The summed E-state index contributed by atoms with van der Waals surface area (Å²) in [6.07, 6.45) is 24.1. The maximum absolute atomic E-state index is 5.05. The maximum atomic E-state index is 5.05. The molecule has 0 heterocycles. The first-order chi connectivity index (χ1) is 10.8. The summed E-state index contributed by atoms with van der Waals surface area (Å²) >= 11 is 0. The molecule has 23 heavy (non-hydrogen) atoms. The molecule has 0 atom stereocenters. The van der Waals surface area contributed by atoms with Crippen LogP contribution >= 0.6 is 0 Å². The van der Waals surface area contributed by atoms with Crippen LogP contribution < -0.4 is 4.74 Å². The summed E-state index contributed by atoms with van der Waals surface area (Å²) in [4.78, 5) is 0. The van der Waals surface area contributed by atoms with E-state index in [0.717, 1.165) is 16.9 Å². The number of allylic oxidation sites excluding steroid dienone is 10. The SMILES string of the molecule is C[C-]=C(C)c1[c-]c(OC)ccc1.[C-]1C=CC=C1.[C-]1C=CC=C1.[Zr+4]. The van der Waals surface area contributed by atoms with Crippen molar-refractivity contribution in [2.45, 2.75) is 13.8 Å². The Hall–Kier alpha value is -1.66. The first-order valence-corrected chi connectivity index (χ1v) is 7.01. The summed E-state index contributed by atoms with van der Waals surface area (Å²) in [5.41, 5.74) is 2.13. The van der Waals surface area contributed by atoms with Gasteiger partial charge in [-0.05, 0) is 0 Å². The second-order valence-electron chi connectivity index (χ2n) is 4.28. The number of hydrogen-bond acceptors (Lipinski definition) is 1. The smallest absolute Gasteiger partial charge is 0.518 e. The van der Waals surface area contributed by atoms with Gasteiger partial charge in [-0.3, -0.25) is 5.56 Å². The predicted octanol–water partition coefficient (Wildman–Crippen LogP) is 5.11. The summed E-state index contributed by atoms with van der Waals surface area (Å²) in [6.45, 7) is 3.90. The van der Waals surface area contributed by atoms with Gasteiger partial charge >= 0.3 is 26.2 Å². The van der Waals surface area contributed by atoms with Crippen molar-refractivity contribution in [3.05, 3.63) is 97.4 Å². The van der Waals surface area contributed by atoms with Crippen molar-refractivity contribution in [3.63, 3.8) is 0 Å². The van der Waals surface area contributed by atoms with Crippen LogP contribution in [-0.2, 0) is 26.2 Å². The Morgan fingerprint density at radius 2 is 1.48 bits per heavy atom. The van der Waals surface area contributed by atoms with E-state index < -0.39 is 0 Å². The number of methoxy groups -OCH3 is 1. The summed E-state index contributed by atoms with van der Waals surface area (Å²) in [5, 5.41) is 0. The number of hydrogen-bond donors (Lipinski definition) is 0. The molecule has 1 aromatic carbocycles. The Morgan fingerprint density at radius 1 is 0.957 bits per heavy atom. The van der Waals surface area contributed by atoms with Gasteiger partial charge in [0.05, 0.1) is 7.11 Å². The molecule has 0 saturated heterocycles. The third kappa shape index (κ3) is 9.86. The largest absolute Gasteiger partial charge is 4.00 e. The molecule has 0 spiro atoms. The van der Waals surface area contributed by atoms with Crippen LogP contribution in [-0.4, -0.2) is 7.11 Å². The van der Waals surface area contributed by atoms with Crippen LogP contribution in [0.25, 0.3) is 5.57 Å². The average Bonchev–Trinajstić information content (AvgIpc) is 3.32. The minimum atomic E-state index is 0. The van der Waals surface area contributed by atoms with Gasteiger partial charge in [-0.25, -0.2) is 30.4 Å². The minimum absolute atomic E-state index is 0. The third-order valence-corrected chi connectivity index (χ3v) is 2.76. The number of ether oxygens (including phenoxy) is 1. The Labute approximate surface area is 160 Å². The summed E-state index contributed by atoms with van der Waals surface area (Å²) in [5.74, 6) is 0.766. The molecule has 0 bridgehead atoms. The first kappa shape index (κ1) is 21.3. The van der Waals surface area contributed by atoms with E-state index in [1.807, 2.05) is 80.7 Å². The van der Waals surface area contributed by atoms with Crippen molar-refractivity contribution in [1.29, 1.82) is 0 Å². The van der Waals surface area contributed by atoms with Gasteiger partial charge in [0.2, 0.25) is 0 Å². The maximum Gasteiger partial charge on any atom is 4.00 e. The molecule has 0 saturated carbocycles. The number of rotatable bonds is 2. The normalized spacial score (nSPS) is 12.9. The fourth-order valence-corrected chi connectivity index (χ4v) is 1.48. The van der Waals surface area contributed by atoms with E-state index in [4.69, 9.17) is 4.74 Å². The Kier molecular flexibility index (Phi) is 13.0. The first-order valence-electron chi connectivity index (χ1n) is 7.01. The second-order valence-corrected chi connectivity index (χ2v) is 4.28. The van der Waals surface area contributed by atoms with Crippen molar-refractivity contribution in [3.8, 4) is 5.75 Å². The molecule has 0 amide bonds. The molecule has 0 aliphatic heterocycles. The van der Waals surface area contributed by atoms with Gasteiger partial charge < -0.3 is 16.4 Å². The van der Waals surface area contributed by atoms with E-state index >= 15 is 0 Å². The molecule has 2 radical (unpaired) electrons. The Morgan fingerprint density at radius 3 is 1.83 bits per heavy atom. The molecule has 0 unspecified atom stereocenters. The molecule has 1 aromatic rings. The summed E-state index contributed by atoms with van der Waals surface area (Å²) in [6, 6.07) is 8.95. The average molecular weight is 380 g/mol. The topological polar surface area (TPSA) is 9.23 Å². The zero-order chi connectivity index (χ0) is 16.0. The van der Waals surface area contributed by atoms with Crippen molar-refractivity contribution >= 4 is 5.57 Å². The van der Waals surface area contributed by atoms with Crippen molar-refractivity contribution in [1.82, 2.24) is 0 Å². The molecule has 0 N–H and O–H groups in total. The van der Waals surface area contributed by atoms with Gasteiger partial charge in [0.15, 0.2) is 0 Å². The summed E-state index contributed by atoms with van der Waals surface area (Å²) < 4.78 is 5.05. The van der Waals surface area contributed by atoms with E-state index in [1.165, 1.54) is 0 Å². The van der Waals surface area contributed by atoms with Gasteiger partial charge in [0.1, 0.15) is 0 Å². The molecule has 3 rings (SSSR count). The molecule has 2 aliphatic carbocycles. The number of benzene rings is 1. The molecular formula is C21H20OZr. The Balaban J connectivity index is 0.000000362. The van der Waals surface area contributed by atoms with Gasteiger partial charge in [-0.2, -0.15) is 49.3 Å². The van der Waals surface area contributed by atoms with Crippen LogP contribution in [0.2, 0.25) is 0 Å². The molecule has 0 aromatic heterocycles. The molecule has 114 valence electrons. The quantitative estimate of drug-likeness (QED) is 0.649. The van der Waals surface area contributed by atoms with E-state index in [1.54, 1.807) is 7.11 Å². The monoisotopic (exact) mass is 378 g/mol. The van der Waals surface area contributed by atoms with Crippen LogP contribution in [0, 0.1) is 25.0 Å². The van der Waals surface area contributed by atoms with Crippen LogP contribution in [0.5, 0.6) is 5.75 Å². The zero-order valence-corrected chi connectivity index (χ0v) is 16.2. The fraction of sp³-hybridized carbons (Fsp3) is 0.143. The van der Waals surface area contributed by atoms with Gasteiger partial charge in [0, 0.05) is 5.75 Å². The third-order valence-electron chi connectivity index (χ3n) is 2.76. The van der Waals surface area contributed by atoms with Crippen LogP contribution in [0.3, 0.4) is 0 Å². The standard InChI is InChI=1S/C11H12O.2C5H4.Zr/c1-4-9(2)10-6-5-7-11(8-10)12-3;2*1-2-4-5-3-1;/h5-7H,1-3H3;2*1-4H;/q-2;2*-1;+4. The van der Waals surface area contributed by atoms with Crippen LogP contribution in [0.1, 0.15) is 19.4 Å². The fourth-order valence-electron chi connectivity index (χ4n) is 1.48. The van der Waals surface area contributed by atoms with Gasteiger partial charge in [0.25, 0.3) is 0 Å². The zero-order valence-electron chi connectivity index (χ0n) is 13.8. The van der Waals surface area contributed by atoms with Gasteiger partial charge in [-0.1, -0.05) is 0 Å². The van der Waals surface area contributed by atoms with Crippen molar-refractivity contribution in [2.24, 2.45) is 0 Å². The van der Waals surface area contributed by atoms with Crippen molar-refractivity contribution in [2.75, 3.05) is 7.11 Å².